The molecule has 1 atom stereocenters. The molecule has 78 heavy (non-hydrogen) atoms. The first-order valence-corrected chi connectivity index (χ1v) is 32.2. The Balaban J connectivity index is 4.49. The van der Waals surface area contributed by atoms with Gasteiger partial charge in [0.2, 0.25) is 0 Å². The van der Waals surface area contributed by atoms with Crippen molar-refractivity contribution in [2.24, 2.45) is 0 Å². The van der Waals surface area contributed by atoms with Crippen LogP contribution in [0.15, 0.2) is 134 Å². The van der Waals surface area contributed by atoms with Crippen molar-refractivity contribution >= 4 is 17.9 Å². The van der Waals surface area contributed by atoms with Crippen LogP contribution >= 0.6 is 0 Å². The molecule has 0 heterocycles. The largest absolute Gasteiger partial charge is 0.462 e. The molecule has 0 aliphatic carbocycles. The number of ether oxygens (including phenoxy) is 3. The van der Waals surface area contributed by atoms with Gasteiger partial charge < -0.3 is 14.2 Å². The number of unbranched alkanes of at least 4 members (excludes halogenated alkanes) is 24. The fraction of sp³-hybridized carbons (Fsp3) is 0.653. The minimum atomic E-state index is -0.823. The molecular formula is C72H118O6. The molecule has 6 heteroatoms. The maximum atomic E-state index is 12.9. The molecule has 0 aromatic rings. The lowest BCUT2D eigenvalue weighted by Crippen LogP contribution is -2.30. The van der Waals surface area contributed by atoms with Gasteiger partial charge in [0.1, 0.15) is 13.2 Å². The van der Waals surface area contributed by atoms with Crippen molar-refractivity contribution < 1.29 is 28.6 Å². The smallest absolute Gasteiger partial charge is 0.306 e. The van der Waals surface area contributed by atoms with Crippen molar-refractivity contribution in [1.29, 1.82) is 0 Å². The number of hydrogen-bond donors (Lipinski definition) is 0. The number of carbonyl (C=O) groups excluding carboxylic acids is 3. The topological polar surface area (TPSA) is 78.9 Å². The second kappa shape index (κ2) is 65.1. The Morgan fingerprint density at radius 2 is 0.513 bits per heavy atom. The second-order valence-electron chi connectivity index (χ2n) is 20.9. The first kappa shape index (κ1) is 73.5. The molecule has 0 fully saturated rings. The summed E-state index contributed by atoms with van der Waals surface area (Å²) in [7, 11) is 0. The highest BCUT2D eigenvalue weighted by atomic mass is 16.6. The van der Waals surface area contributed by atoms with E-state index in [0.717, 1.165) is 109 Å². The molecule has 0 saturated carbocycles. The van der Waals surface area contributed by atoms with Gasteiger partial charge in [0.05, 0.1) is 0 Å². The van der Waals surface area contributed by atoms with Gasteiger partial charge in [-0.2, -0.15) is 0 Å². The third kappa shape index (κ3) is 62.4. The molecular weight excluding hydrogens is 961 g/mol. The van der Waals surface area contributed by atoms with Gasteiger partial charge in [0.15, 0.2) is 6.10 Å². The van der Waals surface area contributed by atoms with Crippen LogP contribution in [0.25, 0.3) is 0 Å². The molecule has 0 radical (unpaired) electrons. The van der Waals surface area contributed by atoms with E-state index < -0.39 is 6.10 Å². The van der Waals surface area contributed by atoms with Crippen molar-refractivity contribution in [3.63, 3.8) is 0 Å². The number of rotatable bonds is 57. The summed E-state index contributed by atoms with van der Waals surface area (Å²) in [4.78, 5) is 38.3. The molecule has 0 rings (SSSR count). The fourth-order valence-electron chi connectivity index (χ4n) is 8.66. The highest BCUT2D eigenvalue weighted by Crippen LogP contribution is 2.16. The van der Waals surface area contributed by atoms with E-state index in [1.165, 1.54) is 122 Å². The van der Waals surface area contributed by atoms with E-state index in [9.17, 15) is 14.4 Å². The Bertz CT molecular complexity index is 1670. The van der Waals surface area contributed by atoms with Crippen LogP contribution in [-0.4, -0.2) is 37.2 Å². The average Bonchev–Trinajstić information content (AvgIpc) is 3.44. The minimum Gasteiger partial charge on any atom is -0.462 e. The lowest BCUT2D eigenvalue weighted by Gasteiger charge is -2.18. The molecule has 442 valence electrons. The van der Waals surface area contributed by atoms with E-state index in [1.807, 2.05) is 0 Å². The van der Waals surface area contributed by atoms with Gasteiger partial charge in [0, 0.05) is 19.3 Å². The maximum Gasteiger partial charge on any atom is 0.306 e. The van der Waals surface area contributed by atoms with Crippen molar-refractivity contribution in [2.75, 3.05) is 13.2 Å². The van der Waals surface area contributed by atoms with Crippen molar-refractivity contribution in [2.45, 2.75) is 290 Å². The number of hydrogen-bond acceptors (Lipinski definition) is 6. The summed E-state index contributed by atoms with van der Waals surface area (Å²) in [6, 6.07) is 0. The molecule has 6 nitrogen and oxygen atoms in total. The molecule has 0 aromatic heterocycles. The summed E-state index contributed by atoms with van der Waals surface area (Å²) in [5.41, 5.74) is 0. The van der Waals surface area contributed by atoms with Gasteiger partial charge >= 0.3 is 17.9 Å². The zero-order valence-electron chi connectivity index (χ0n) is 50.6. The Morgan fingerprint density at radius 1 is 0.269 bits per heavy atom. The van der Waals surface area contributed by atoms with E-state index >= 15 is 0 Å². The average molecular weight is 1080 g/mol. The number of carbonyl (C=O) groups is 3. The van der Waals surface area contributed by atoms with E-state index in [0.29, 0.717) is 25.7 Å². The van der Waals surface area contributed by atoms with Crippen LogP contribution in [0.3, 0.4) is 0 Å². The van der Waals surface area contributed by atoms with Crippen LogP contribution in [0.1, 0.15) is 284 Å². The highest BCUT2D eigenvalue weighted by Gasteiger charge is 2.19. The monoisotopic (exact) mass is 1080 g/mol. The van der Waals surface area contributed by atoms with E-state index in [2.05, 4.69) is 154 Å². The molecule has 0 aliphatic rings. The van der Waals surface area contributed by atoms with Gasteiger partial charge in [0.25, 0.3) is 0 Å². The van der Waals surface area contributed by atoms with E-state index in [4.69, 9.17) is 14.2 Å². The summed E-state index contributed by atoms with van der Waals surface area (Å²) in [6.45, 7) is 6.35. The SMILES string of the molecule is CC/C=C\C/C=C\C/C=C\C/C=C\C/C=C\C/C=C\C/C=C\CCCC(=O)OCC(COC(=O)CCCC/C=C\C/C=C\C/C=C\C/C=C\CC)OC(=O)CCCCCCCCCCCCCCCCCCCCCCCC. The normalized spacial score (nSPS) is 13.0. The standard InChI is InChI=1S/C72H118O6/c1-4-7-10-13-16-19-22-25-28-30-32-34-36-38-39-41-44-47-50-53-56-59-62-65-71(74)77-68-69(67-76-70(73)64-61-58-55-52-49-46-43-27-24-21-18-15-12-9-6-3)78-72(75)66-63-60-57-54-51-48-45-42-40-37-35-33-31-29-26-23-20-17-14-11-8-5-2/h7,9-10,12,16,18-19,21,25,27-28,32,34,38-39,43-44,47,49,52-53,56,69H,4-6,8,11,13-15,17,20,22-24,26,29-31,33,35-37,40-42,45-46,48,50-51,54-55,57-68H2,1-3H3/b10-7-,12-9-,19-16-,21-18-,28-25-,34-32-,39-38-,43-27-,47-44-,52-49-,56-53-. The minimum absolute atomic E-state index is 0.120. The first-order chi connectivity index (χ1) is 38.5. The molecule has 1 unspecified atom stereocenters. The van der Waals surface area contributed by atoms with Gasteiger partial charge in [-0.15, -0.1) is 0 Å². The zero-order chi connectivity index (χ0) is 56.4. The Morgan fingerprint density at radius 3 is 0.833 bits per heavy atom. The number of esters is 3. The van der Waals surface area contributed by atoms with Crippen LogP contribution in [0, 0.1) is 0 Å². The first-order valence-electron chi connectivity index (χ1n) is 32.2. The van der Waals surface area contributed by atoms with Gasteiger partial charge in [-0.1, -0.05) is 289 Å². The number of allylic oxidation sites excluding steroid dienone is 22. The fourth-order valence-corrected chi connectivity index (χ4v) is 8.66. The lowest BCUT2D eigenvalue weighted by molar-refractivity contribution is -0.167. The molecule has 0 N–H and O–H groups in total. The molecule has 0 bridgehead atoms. The predicted octanol–water partition coefficient (Wildman–Crippen LogP) is 22.2. The summed E-state index contributed by atoms with van der Waals surface area (Å²) < 4.78 is 16.8. The summed E-state index contributed by atoms with van der Waals surface area (Å²) in [6.07, 6.45) is 91.9. The molecule has 0 saturated heterocycles. The Hall–Kier alpha value is -4.45. The van der Waals surface area contributed by atoms with E-state index in [-0.39, 0.29) is 37.5 Å². The summed E-state index contributed by atoms with van der Waals surface area (Å²) >= 11 is 0. The summed E-state index contributed by atoms with van der Waals surface area (Å²) in [5.74, 6) is -1.01. The van der Waals surface area contributed by atoms with Gasteiger partial charge in [-0.3, -0.25) is 14.4 Å². The second-order valence-corrected chi connectivity index (χ2v) is 20.9. The predicted molar refractivity (Wildman–Crippen MR) is 339 cm³/mol. The van der Waals surface area contributed by atoms with E-state index in [1.54, 1.807) is 0 Å². The van der Waals surface area contributed by atoms with Gasteiger partial charge in [-0.05, 0) is 109 Å². The molecule has 0 amide bonds. The maximum absolute atomic E-state index is 12.9. The van der Waals surface area contributed by atoms with Gasteiger partial charge in [-0.25, -0.2) is 0 Å². The van der Waals surface area contributed by atoms with Crippen LogP contribution in [0.2, 0.25) is 0 Å². The lowest BCUT2D eigenvalue weighted by atomic mass is 10.0. The quantitative estimate of drug-likeness (QED) is 0.0261. The highest BCUT2D eigenvalue weighted by molar-refractivity contribution is 5.71. The Kier molecular flexibility index (Phi) is 61.4. The van der Waals surface area contributed by atoms with Crippen LogP contribution in [0.5, 0.6) is 0 Å². The molecule has 0 aromatic carbocycles. The van der Waals surface area contributed by atoms with Crippen LogP contribution in [-0.2, 0) is 28.6 Å². The third-order valence-electron chi connectivity index (χ3n) is 13.4. The summed E-state index contributed by atoms with van der Waals surface area (Å²) in [5, 5.41) is 0. The van der Waals surface area contributed by atoms with Crippen molar-refractivity contribution in [1.82, 2.24) is 0 Å². The molecule has 0 spiro atoms. The zero-order valence-corrected chi connectivity index (χ0v) is 50.6. The van der Waals surface area contributed by atoms with Crippen LogP contribution in [0.4, 0.5) is 0 Å². The van der Waals surface area contributed by atoms with Crippen molar-refractivity contribution in [3.05, 3.63) is 134 Å². The molecule has 0 aliphatic heterocycles. The Labute approximate surface area is 481 Å². The van der Waals surface area contributed by atoms with Crippen molar-refractivity contribution in [3.8, 4) is 0 Å². The van der Waals surface area contributed by atoms with Crippen LogP contribution < -0.4 is 0 Å². The third-order valence-corrected chi connectivity index (χ3v) is 13.4.